The van der Waals surface area contributed by atoms with Crippen LogP contribution in [-0.2, 0) is 9.59 Å². The third-order valence-corrected chi connectivity index (χ3v) is 5.36. The van der Waals surface area contributed by atoms with Gasteiger partial charge in [0.25, 0.3) is 5.91 Å². The van der Waals surface area contributed by atoms with Crippen molar-refractivity contribution < 1.29 is 14.3 Å². The fourth-order valence-electron chi connectivity index (χ4n) is 3.68. The van der Waals surface area contributed by atoms with E-state index < -0.39 is 6.10 Å². The molecule has 3 rings (SSSR count). The van der Waals surface area contributed by atoms with Gasteiger partial charge in [0.2, 0.25) is 5.91 Å². The van der Waals surface area contributed by atoms with Gasteiger partial charge >= 0.3 is 0 Å². The van der Waals surface area contributed by atoms with Gasteiger partial charge in [-0.1, -0.05) is 28.4 Å². The molecule has 2 saturated carbocycles. The molecule has 2 bridgehead atoms. The lowest BCUT2D eigenvalue weighted by molar-refractivity contribution is -0.135. The molecule has 1 aromatic rings. The van der Waals surface area contributed by atoms with E-state index in [1.165, 1.54) is 6.42 Å². The molecule has 2 aliphatic rings. The summed E-state index contributed by atoms with van der Waals surface area (Å²) in [5.41, 5.74) is 5.04. The van der Waals surface area contributed by atoms with Crippen molar-refractivity contribution in [2.75, 3.05) is 0 Å². The van der Waals surface area contributed by atoms with E-state index in [0.29, 0.717) is 17.6 Å². The summed E-state index contributed by atoms with van der Waals surface area (Å²) in [6.45, 7) is 1.65. The Hall–Kier alpha value is -1.56. The Bertz CT molecular complexity index is 607. The molecule has 2 amide bonds. The second kappa shape index (κ2) is 6.91. The molecule has 1 aromatic carbocycles. The fourth-order valence-corrected chi connectivity index (χ4v) is 4.06. The van der Waals surface area contributed by atoms with Gasteiger partial charge in [-0.15, -0.1) is 0 Å². The maximum absolute atomic E-state index is 12.2. The number of benzene rings is 1. The van der Waals surface area contributed by atoms with Crippen molar-refractivity contribution in [2.24, 2.45) is 17.8 Å². The minimum absolute atomic E-state index is 0.0513. The highest BCUT2D eigenvalue weighted by atomic mass is 79.9. The highest BCUT2D eigenvalue weighted by Crippen LogP contribution is 2.48. The summed E-state index contributed by atoms with van der Waals surface area (Å²) in [7, 11) is 0. The van der Waals surface area contributed by atoms with E-state index in [0.717, 1.165) is 23.7 Å². The van der Waals surface area contributed by atoms with Crippen LogP contribution in [0.25, 0.3) is 0 Å². The Labute approximate surface area is 144 Å². The van der Waals surface area contributed by atoms with Gasteiger partial charge in [0.05, 0.1) is 0 Å². The van der Waals surface area contributed by atoms with Crippen LogP contribution in [0.1, 0.15) is 32.6 Å². The van der Waals surface area contributed by atoms with Crippen LogP contribution in [-0.4, -0.2) is 17.9 Å². The topological polar surface area (TPSA) is 67.4 Å². The average Bonchev–Trinajstić information content (AvgIpc) is 3.15. The van der Waals surface area contributed by atoms with Gasteiger partial charge < -0.3 is 4.74 Å². The van der Waals surface area contributed by atoms with Crippen LogP contribution in [0.15, 0.2) is 28.7 Å². The largest absolute Gasteiger partial charge is 0.481 e. The molecular formula is C17H21BrN2O3. The van der Waals surface area contributed by atoms with Gasteiger partial charge in [-0.05, 0) is 56.2 Å². The third-order valence-electron chi connectivity index (χ3n) is 4.86. The second-order valence-electron chi connectivity index (χ2n) is 6.48. The Morgan fingerprint density at radius 1 is 1.26 bits per heavy atom. The molecule has 0 saturated heterocycles. The summed E-state index contributed by atoms with van der Waals surface area (Å²) in [4.78, 5) is 24.2. The molecule has 6 heteroatoms. The van der Waals surface area contributed by atoms with Crippen LogP contribution in [0.3, 0.4) is 0 Å². The van der Waals surface area contributed by atoms with Crippen LogP contribution in [0.4, 0.5) is 0 Å². The number of fused-ring (bicyclic) bond motifs is 2. The van der Waals surface area contributed by atoms with E-state index in [9.17, 15) is 9.59 Å². The molecule has 0 heterocycles. The molecule has 0 aliphatic heterocycles. The van der Waals surface area contributed by atoms with E-state index in [1.807, 2.05) is 12.1 Å². The molecule has 23 heavy (non-hydrogen) atoms. The molecule has 0 aromatic heterocycles. The number of hydrogen-bond acceptors (Lipinski definition) is 3. The smallest absolute Gasteiger partial charge is 0.279 e. The number of amides is 2. The number of ether oxygens (including phenoxy) is 1. The van der Waals surface area contributed by atoms with Crippen LogP contribution < -0.4 is 15.6 Å². The first-order valence-corrected chi connectivity index (χ1v) is 8.84. The standard InChI is InChI=1S/C17H21BrN2O3/c1-10(23-14-4-2-3-13(18)9-14)16(21)19-20-17(22)15-8-11-5-6-12(15)7-11/h2-4,9-12,15H,5-8H2,1H3,(H,19,21)(H,20,22). The molecule has 124 valence electrons. The summed E-state index contributed by atoms with van der Waals surface area (Å²) in [5.74, 6) is 1.41. The van der Waals surface area contributed by atoms with Crippen molar-refractivity contribution in [2.45, 2.75) is 38.7 Å². The van der Waals surface area contributed by atoms with Crippen molar-refractivity contribution >= 4 is 27.7 Å². The van der Waals surface area contributed by atoms with Gasteiger partial charge in [0, 0.05) is 10.4 Å². The van der Waals surface area contributed by atoms with E-state index in [2.05, 4.69) is 26.8 Å². The van der Waals surface area contributed by atoms with Gasteiger partial charge in [0.1, 0.15) is 5.75 Å². The van der Waals surface area contributed by atoms with Gasteiger partial charge in [-0.2, -0.15) is 0 Å². The number of carbonyl (C=O) groups is 2. The normalized spacial score (nSPS) is 26.6. The number of nitrogens with one attached hydrogen (secondary N) is 2. The van der Waals surface area contributed by atoms with Crippen LogP contribution in [0.5, 0.6) is 5.75 Å². The zero-order valence-corrected chi connectivity index (χ0v) is 14.6. The predicted molar refractivity (Wildman–Crippen MR) is 89.5 cm³/mol. The van der Waals surface area contributed by atoms with Crippen molar-refractivity contribution in [1.29, 1.82) is 0 Å². The van der Waals surface area contributed by atoms with Crippen LogP contribution >= 0.6 is 15.9 Å². The number of hydrazine groups is 1. The van der Waals surface area contributed by atoms with Crippen molar-refractivity contribution in [3.05, 3.63) is 28.7 Å². The summed E-state index contributed by atoms with van der Waals surface area (Å²) >= 11 is 3.35. The summed E-state index contributed by atoms with van der Waals surface area (Å²) in [6.07, 6.45) is 3.81. The summed E-state index contributed by atoms with van der Waals surface area (Å²) < 4.78 is 6.45. The maximum atomic E-state index is 12.2. The third kappa shape index (κ3) is 3.86. The molecule has 0 radical (unpaired) electrons. The molecule has 0 spiro atoms. The zero-order chi connectivity index (χ0) is 16.4. The first-order valence-electron chi connectivity index (χ1n) is 8.05. The SMILES string of the molecule is CC(Oc1cccc(Br)c1)C(=O)NNC(=O)C1CC2CCC1C2. The van der Waals surface area contributed by atoms with E-state index in [-0.39, 0.29) is 17.7 Å². The Kier molecular flexibility index (Phi) is 4.90. The monoisotopic (exact) mass is 380 g/mol. The first-order chi connectivity index (χ1) is 11.0. The molecule has 2 fully saturated rings. The van der Waals surface area contributed by atoms with Gasteiger partial charge in [-0.25, -0.2) is 0 Å². The van der Waals surface area contributed by atoms with E-state index >= 15 is 0 Å². The molecule has 2 aliphatic carbocycles. The first kappa shape index (κ1) is 16.3. The van der Waals surface area contributed by atoms with Crippen LogP contribution in [0.2, 0.25) is 0 Å². The Morgan fingerprint density at radius 3 is 2.74 bits per heavy atom. The lowest BCUT2D eigenvalue weighted by Crippen LogP contribution is -2.49. The lowest BCUT2D eigenvalue weighted by Gasteiger charge is -2.21. The predicted octanol–water partition coefficient (Wildman–Crippen LogP) is 2.80. The van der Waals surface area contributed by atoms with Crippen molar-refractivity contribution in [3.63, 3.8) is 0 Å². The zero-order valence-electron chi connectivity index (χ0n) is 13.0. The van der Waals surface area contributed by atoms with Gasteiger partial charge in [0.15, 0.2) is 6.10 Å². The summed E-state index contributed by atoms with van der Waals surface area (Å²) in [6, 6.07) is 7.29. The van der Waals surface area contributed by atoms with Crippen molar-refractivity contribution in [3.8, 4) is 5.75 Å². The van der Waals surface area contributed by atoms with Crippen molar-refractivity contribution in [1.82, 2.24) is 10.9 Å². The van der Waals surface area contributed by atoms with Gasteiger partial charge in [-0.3, -0.25) is 20.4 Å². The van der Waals surface area contributed by atoms with E-state index in [4.69, 9.17) is 4.74 Å². The number of halogens is 1. The van der Waals surface area contributed by atoms with E-state index in [1.54, 1.807) is 19.1 Å². The maximum Gasteiger partial charge on any atom is 0.279 e. The Balaban J connectivity index is 1.46. The number of rotatable bonds is 4. The quantitative estimate of drug-likeness (QED) is 0.789. The molecule has 2 N–H and O–H groups in total. The molecule has 4 unspecified atom stereocenters. The molecular weight excluding hydrogens is 360 g/mol. The summed E-state index contributed by atoms with van der Waals surface area (Å²) in [5, 5.41) is 0. The Morgan fingerprint density at radius 2 is 2.09 bits per heavy atom. The second-order valence-corrected chi connectivity index (χ2v) is 7.39. The highest BCUT2D eigenvalue weighted by Gasteiger charge is 2.43. The number of hydrogen-bond donors (Lipinski definition) is 2. The molecule has 4 atom stereocenters. The minimum Gasteiger partial charge on any atom is -0.481 e. The fraction of sp³-hybridized carbons (Fsp3) is 0.529. The highest BCUT2D eigenvalue weighted by molar-refractivity contribution is 9.10. The minimum atomic E-state index is -0.690. The molecule has 5 nitrogen and oxygen atoms in total. The van der Waals surface area contributed by atoms with Crippen LogP contribution in [0, 0.1) is 17.8 Å². The lowest BCUT2D eigenvalue weighted by atomic mass is 9.88. The average molecular weight is 381 g/mol. The number of carbonyl (C=O) groups excluding carboxylic acids is 2.